The molecule has 0 saturated heterocycles. The number of esters is 1. The minimum absolute atomic E-state index is 0.0514. The summed E-state index contributed by atoms with van der Waals surface area (Å²) in [6, 6.07) is 9.52. The fraction of sp³-hybridized carbons (Fsp3) is 0.111. The average molecular weight is 453 g/mol. The molecule has 3 rings (SSSR count). The number of hydrogen-bond acceptors (Lipinski definition) is 5. The lowest BCUT2D eigenvalue weighted by atomic mass is 10.1. The monoisotopic (exact) mass is 453 g/mol. The molecule has 0 radical (unpaired) electrons. The quantitative estimate of drug-likeness (QED) is 0.402. The number of carbonyl (C=O) groups excluding carboxylic acids is 1. The molecular weight excluding hydrogens is 440 g/mol. The van der Waals surface area contributed by atoms with Crippen molar-refractivity contribution in [1.82, 2.24) is 0 Å². The lowest BCUT2D eigenvalue weighted by Gasteiger charge is -2.10. The van der Waals surface area contributed by atoms with E-state index in [4.69, 9.17) is 14.2 Å². The number of nitrogens with zero attached hydrogens (tertiary/aromatic N) is 1. The van der Waals surface area contributed by atoms with Gasteiger partial charge in [0.25, 0.3) is 0 Å². The van der Waals surface area contributed by atoms with Crippen LogP contribution in [0.1, 0.15) is 11.1 Å². The molecule has 0 unspecified atom stereocenters. The Morgan fingerprint density at radius 2 is 1.96 bits per heavy atom. The van der Waals surface area contributed by atoms with Crippen LogP contribution < -0.4 is 9.47 Å². The van der Waals surface area contributed by atoms with Crippen LogP contribution in [0.15, 0.2) is 47.1 Å². The van der Waals surface area contributed by atoms with Gasteiger partial charge in [-0.2, -0.15) is 0 Å². The standard InChI is InChI=1S/C18H13FINO4/c1-23-15-9-10(7-13(20)16(15)24-2)8-14-18(22)25-17(21-14)11-5-3-4-6-12(11)19/h3-9H,1-2H3/b14-8-. The third-order valence-electron chi connectivity index (χ3n) is 3.48. The Balaban J connectivity index is 2.00. The molecule has 0 fully saturated rings. The Hall–Kier alpha value is -2.42. The molecule has 2 aromatic rings. The number of halogens is 2. The van der Waals surface area contributed by atoms with Crippen LogP contribution in [0.5, 0.6) is 11.5 Å². The molecular formula is C18H13FINO4. The molecule has 1 heterocycles. The minimum atomic E-state index is -0.636. The lowest BCUT2D eigenvalue weighted by molar-refractivity contribution is -0.129. The number of methoxy groups -OCH3 is 2. The third-order valence-corrected chi connectivity index (χ3v) is 4.29. The number of rotatable bonds is 4. The number of hydrogen-bond donors (Lipinski definition) is 0. The number of ether oxygens (including phenoxy) is 3. The predicted octanol–water partition coefficient (Wildman–Crippen LogP) is 3.79. The maximum absolute atomic E-state index is 13.8. The predicted molar refractivity (Wildman–Crippen MR) is 99.3 cm³/mol. The van der Waals surface area contributed by atoms with Crippen molar-refractivity contribution in [3.05, 3.63) is 62.6 Å². The normalized spacial score (nSPS) is 15.1. The van der Waals surface area contributed by atoms with Crippen molar-refractivity contribution < 1.29 is 23.4 Å². The molecule has 0 aliphatic carbocycles. The molecule has 0 bridgehead atoms. The van der Waals surface area contributed by atoms with Gasteiger partial charge in [-0.1, -0.05) is 12.1 Å². The van der Waals surface area contributed by atoms with E-state index in [1.54, 1.807) is 31.4 Å². The first-order valence-electron chi connectivity index (χ1n) is 7.22. The fourth-order valence-corrected chi connectivity index (χ4v) is 3.18. The highest BCUT2D eigenvalue weighted by atomic mass is 127. The van der Waals surface area contributed by atoms with Crippen LogP contribution in [0, 0.1) is 9.39 Å². The SMILES string of the molecule is COc1cc(/C=C2\N=C(c3ccccc3F)OC2=O)cc(I)c1OC. The van der Waals surface area contributed by atoms with Gasteiger partial charge in [-0.15, -0.1) is 0 Å². The van der Waals surface area contributed by atoms with Crippen LogP contribution in [-0.4, -0.2) is 26.1 Å². The van der Waals surface area contributed by atoms with Crippen molar-refractivity contribution in [2.45, 2.75) is 0 Å². The highest BCUT2D eigenvalue weighted by Gasteiger charge is 2.26. The smallest absolute Gasteiger partial charge is 0.363 e. The van der Waals surface area contributed by atoms with E-state index in [-0.39, 0.29) is 17.2 Å². The van der Waals surface area contributed by atoms with Crippen LogP contribution in [0.2, 0.25) is 0 Å². The number of aliphatic imine (C=N–C) groups is 1. The maximum atomic E-state index is 13.8. The van der Waals surface area contributed by atoms with E-state index in [9.17, 15) is 9.18 Å². The molecule has 0 N–H and O–H groups in total. The second-order valence-electron chi connectivity index (χ2n) is 5.05. The summed E-state index contributed by atoms with van der Waals surface area (Å²) in [5.41, 5.74) is 0.912. The van der Waals surface area contributed by atoms with Gasteiger partial charge in [0, 0.05) is 0 Å². The number of cyclic esters (lactones) is 1. The van der Waals surface area contributed by atoms with E-state index in [1.165, 1.54) is 19.2 Å². The van der Waals surface area contributed by atoms with Gasteiger partial charge in [-0.25, -0.2) is 14.2 Å². The molecule has 1 aliphatic heterocycles. The Morgan fingerprint density at radius 3 is 2.64 bits per heavy atom. The summed E-state index contributed by atoms with van der Waals surface area (Å²) in [5.74, 6) is -0.0516. The summed E-state index contributed by atoms with van der Waals surface area (Å²) >= 11 is 2.11. The van der Waals surface area contributed by atoms with Crippen molar-refractivity contribution in [1.29, 1.82) is 0 Å². The van der Waals surface area contributed by atoms with Crippen molar-refractivity contribution in [3.63, 3.8) is 0 Å². The minimum Gasteiger partial charge on any atom is -0.493 e. The zero-order valence-corrected chi connectivity index (χ0v) is 15.5. The molecule has 0 saturated carbocycles. The summed E-state index contributed by atoms with van der Waals surface area (Å²) in [7, 11) is 3.08. The summed E-state index contributed by atoms with van der Waals surface area (Å²) in [4.78, 5) is 16.2. The van der Waals surface area contributed by atoms with Crippen molar-refractivity contribution in [2.24, 2.45) is 4.99 Å². The average Bonchev–Trinajstić information content (AvgIpc) is 2.95. The zero-order valence-electron chi connectivity index (χ0n) is 13.4. The van der Waals surface area contributed by atoms with Gasteiger partial charge in [0.05, 0.1) is 23.4 Å². The molecule has 128 valence electrons. The molecule has 5 nitrogen and oxygen atoms in total. The summed E-state index contributed by atoms with van der Waals surface area (Å²) in [5, 5.41) is 0. The molecule has 0 amide bonds. The third kappa shape index (κ3) is 3.51. The second-order valence-corrected chi connectivity index (χ2v) is 6.22. The number of carbonyl (C=O) groups is 1. The Morgan fingerprint density at radius 1 is 1.20 bits per heavy atom. The molecule has 0 aromatic heterocycles. The van der Waals surface area contributed by atoms with Crippen molar-refractivity contribution in [2.75, 3.05) is 14.2 Å². The molecule has 0 spiro atoms. The molecule has 2 aromatic carbocycles. The lowest BCUT2D eigenvalue weighted by Crippen LogP contribution is -2.07. The first-order valence-corrected chi connectivity index (χ1v) is 8.30. The Labute approximate surface area is 157 Å². The van der Waals surface area contributed by atoms with Crippen molar-refractivity contribution >= 4 is 40.5 Å². The number of benzene rings is 2. The van der Waals surface area contributed by atoms with E-state index in [2.05, 4.69) is 27.6 Å². The van der Waals surface area contributed by atoms with Gasteiger partial charge in [0.15, 0.2) is 17.2 Å². The van der Waals surface area contributed by atoms with E-state index >= 15 is 0 Å². The van der Waals surface area contributed by atoms with Crippen LogP contribution in [0.4, 0.5) is 4.39 Å². The second kappa shape index (κ2) is 7.22. The van der Waals surface area contributed by atoms with Gasteiger partial charge < -0.3 is 14.2 Å². The summed E-state index contributed by atoms with van der Waals surface area (Å²) in [6.07, 6.45) is 1.56. The van der Waals surface area contributed by atoms with Crippen LogP contribution in [0.3, 0.4) is 0 Å². The summed E-state index contributed by atoms with van der Waals surface area (Å²) < 4.78 is 30.3. The maximum Gasteiger partial charge on any atom is 0.363 e. The highest BCUT2D eigenvalue weighted by Crippen LogP contribution is 2.34. The fourth-order valence-electron chi connectivity index (χ4n) is 2.34. The van der Waals surface area contributed by atoms with Gasteiger partial charge in [-0.05, 0) is 58.5 Å². The first kappa shape index (κ1) is 17.4. The van der Waals surface area contributed by atoms with Crippen molar-refractivity contribution in [3.8, 4) is 11.5 Å². The molecule has 1 aliphatic rings. The van der Waals surface area contributed by atoms with E-state index in [1.807, 2.05) is 6.07 Å². The largest absolute Gasteiger partial charge is 0.493 e. The summed E-state index contributed by atoms with van der Waals surface area (Å²) in [6.45, 7) is 0. The van der Waals surface area contributed by atoms with E-state index in [0.717, 1.165) is 3.57 Å². The van der Waals surface area contributed by atoms with Crippen LogP contribution in [0.25, 0.3) is 6.08 Å². The highest BCUT2D eigenvalue weighted by molar-refractivity contribution is 14.1. The van der Waals surface area contributed by atoms with E-state index in [0.29, 0.717) is 17.1 Å². The van der Waals surface area contributed by atoms with Gasteiger partial charge in [-0.3, -0.25) is 0 Å². The van der Waals surface area contributed by atoms with Crippen LogP contribution >= 0.6 is 22.6 Å². The van der Waals surface area contributed by atoms with Gasteiger partial charge >= 0.3 is 5.97 Å². The Bertz CT molecular complexity index is 908. The zero-order chi connectivity index (χ0) is 18.0. The topological polar surface area (TPSA) is 57.1 Å². The molecule has 25 heavy (non-hydrogen) atoms. The Kier molecular flexibility index (Phi) is 5.03. The molecule has 7 heteroatoms. The van der Waals surface area contributed by atoms with Crippen LogP contribution in [-0.2, 0) is 9.53 Å². The molecule has 0 atom stereocenters. The van der Waals surface area contributed by atoms with Gasteiger partial charge in [0.2, 0.25) is 5.90 Å². The van der Waals surface area contributed by atoms with Gasteiger partial charge in [0.1, 0.15) is 5.82 Å². The first-order chi connectivity index (χ1) is 12.0. The van der Waals surface area contributed by atoms with E-state index < -0.39 is 11.8 Å².